The summed E-state index contributed by atoms with van der Waals surface area (Å²) in [5.74, 6) is -2.49. The molecule has 1 aromatic heterocycles. The number of hydrogen-bond donors (Lipinski definition) is 2. The Kier molecular flexibility index (Phi) is 9.26. The van der Waals surface area contributed by atoms with E-state index in [4.69, 9.17) is 9.47 Å². The molecule has 2 atom stereocenters. The first-order valence-electron chi connectivity index (χ1n) is 12.9. The predicted octanol–water partition coefficient (Wildman–Crippen LogP) is 4.97. The number of aliphatic hydroxyl groups excluding tert-OH is 1. The number of rotatable bonds is 10. The smallest absolute Gasteiger partial charge is 0.341 e. The molecule has 0 spiro atoms. The fraction of sp³-hybridized carbons (Fsp3) is 0.379. The summed E-state index contributed by atoms with van der Waals surface area (Å²) in [4.78, 5) is 19.0. The number of ether oxygens (including phenoxy) is 2. The van der Waals surface area contributed by atoms with Crippen LogP contribution in [0.5, 0.6) is 5.75 Å². The summed E-state index contributed by atoms with van der Waals surface area (Å²) in [5.41, 5.74) is -0.637. The molecule has 2 N–H and O–H groups in total. The molecule has 1 fully saturated rings. The van der Waals surface area contributed by atoms with Gasteiger partial charge in [0.2, 0.25) is 0 Å². The minimum atomic E-state index is -3.02. The normalized spacial score (nSPS) is 18.1. The number of aliphatic hydroxyl groups is 1. The molecule has 11 heteroatoms. The second-order valence-corrected chi connectivity index (χ2v) is 9.58. The SMILES string of the molecule is CCOC(=O)c1cc(-c2cc(F)c(OC)cc2F)cnc1N1CCC[C@](NCc2ccccc2)([C@H](O)C(F)F)C1. The van der Waals surface area contributed by atoms with Crippen LogP contribution < -0.4 is 15.0 Å². The van der Waals surface area contributed by atoms with E-state index in [0.29, 0.717) is 13.0 Å². The lowest BCUT2D eigenvalue weighted by molar-refractivity contribution is -0.0658. The van der Waals surface area contributed by atoms with Crippen LogP contribution in [0.3, 0.4) is 0 Å². The number of nitrogens with one attached hydrogen (secondary N) is 1. The first kappa shape index (κ1) is 29.3. The predicted molar refractivity (Wildman–Crippen MR) is 142 cm³/mol. The Bertz CT molecular complexity index is 1330. The summed E-state index contributed by atoms with van der Waals surface area (Å²) in [6, 6.07) is 12.4. The van der Waals surface area contributed by atoms with Gasteiger partial charge in [0.25, 0.3) is 6.43 Å². The van der Waals surface area contributed by atoms with Gasteiger partial charge in [-0.3, -0.25) is 0 Å². The van der Waals surface area contributed by atoms with Gasteiger partial charge in [-0.1, -0.05) is 30.3 Å². The lowest BCUT2D eigenvalue weighted by atomic mass is 9.83. The third kappa shape index (κ3) is 6.20. The summed E-state index contributed by atoms with van der Waals surface area (Å²) in [6.45, 7) is 2.16. The van der Waals surface area contributed by atoms with Gasteiger partial charge in [0, 0.05) is 43.0 Å². The zero-order valence-electron chi connectivity index (χ0n) is 22.2. The van der Waals surface area contributed by atoms with Crippen molar-refractivity contribution in [1.29, 1.82) is 0 Å². The molecule has 1 aliphatic heterocycles. The van der Waals surface area contributed by atoms with Crippen molar-refractivity contribution >= 4 is 11.8 Å². The van der Waals surface area contributed by atoms with E-state index in [1.165, 1.54) is 19.4 Å². The van der Waals surface area contributed by atoms with E-state index in [-0.39, 0.29) is 54.4 Å². The topological polar surface area (TPSA) is 83.9 Å². The molecular weight excluding hydrogens is 530 g/mol. The summed E-state index contributed by atoms with van der Waals surface area (Å²) in [5, 5.41) is 13.8. The maximum Gasteiger partial charge on any atom is 0.341 e. The highest BCUT2D eigenvalue weighted by Gasteiger charge is 2.46. The van der Waals surface area contributed by atoms with Gasteiger partial charge in [0.1, 0.15) is 23.3 Å². The van der Waals surface area contributed by atoms with Crippen molar-refractivity contribution in [3.05, 3.63) is 77.5 Å². The van der Waals surface area contributed by atoms with Gasteiger partial charge in [-0.25, -0.2) is 27.3 Å². The van der Waals surface area contributed by atoms with Crippen molar-refractivity contribution in [3.8, 4) is 16.9 Å². The lowest BCUT2D eigenvalue weighted by Crippen LogP contribution is -2.65. The number of benzene rings is 2. The molecule has 4 rings (SSSR count). The van der Waals surface area contributed by atoms with Gasteiger partial charge >= 0.3 is 5.97 Å². The fourth-order valence-corrected chi connectivity index (χ4v) is 4.99. The van der Waals surface area contributed by atoms with Gasteiger partial charge in [-0.2, -0.15) is 0 Å². The number of carbonyl (C=O) groups excluding carboxylic acids is 1. The molecule has 214 valence electrons. The van der Waals surface area contributed by atoms with E-state index in [1.807, 2.05) is 30.3 Å². The fourth-order valence-electron chi connectivity index (χ4n) is 4.99. The number of aromatic nitrogens is 1. The number of carbonyl (C=O) groups is 1. The zero-order chi connectivity index (χ0) is 28.9. The first-order chi connectivity index (χ1) is 19.2. The Morgan fingerprint density at radius 2 is 1.93 bits per heavy atom. The number of esters is 1. The quantitative estimate of drug-likeness (QED) is 0.267. The van der Waals surface area contributed by atoms with E-state index >= 15 is 0 Å². The largest absolute Gasteiger partial charge is 0.494 e. The van der Waals surface area contributed by atoms with E-state index in [1.54, 1.807) is 11.8 Å². The third-order valence-electron chi connectivity index (χ3n) is 7.03. The molecule has 0 aliphatic carbocycles. The van der Waals surface area contributed by atoms with E-state index in [2.05, 4.69) is 10.3 Å². The second kappa shape index (κ2) is 12.6. The summed E-state index contributed by atoms with van der Waals surface area (Å²) >= 11 is 0. The van der Waals surface area contributed by atoms with Gasteiger partial charge in [-0.05, 0) is 37.5 Å². The van der Waals surface area contributed by atoms with Gasteiger partial charge in [-0.15, -0.1) is 0 Å². The number of nitrogens with zero attached hydrogens (tertiary/aromatic N) is 2. The average molecular weight is 562 g/mol. The Morgan fingerprint density at radius 1 is 1.18 bits per heavy atom. The Hall–Kier alpha value is -3.70. The molecule has 0 radical (unpaired) electrons. The maximum absolute atomic E-state index is 14.8. The van der Waals surface area contributed by atoms with Crippen LogP contribution in [0.15, 0.2) is 54.7 Å². The Morgan fingerprint density at radius 3 is 2.60 bits per heavy atom. The summed E-state index contributed by atoms with van der Waals surface area (Å²) < 4.78 is 67.1. The monoisotopic (exact) mass is 561 g/mol. The van der Waals surface area contributed by atoms with Gasteiger partial charge in [0.15, 0.2) is 11.6 Å². The standard InChI is InChI=1S/C29H31F4N3O4/c1-3-40-28(38)21-12-19(20-13-23(31)24(39-2)14-22(20)30)16-34-27(21)36-11-7-10-29(17-36,25(37)26(32)33)35-15-18-8-5-4-6-9-18/h4-6,8-9,12-14,16,25-26,35,37H,3,7,10-11,15,17H2,1-2H3/t25-,29-/m1/s1. The van der Waals surface area contributed by atoms with Crippen molar-refractivity contribution in [2.24, 2.45) is 0 Å². The van der Waals surface area contributed by atoms with Crippen molar-refractivity contribution in [1.82, 2.24) is 10.3 Å². The number of piperidine rings is 1. The molecule has 0 amide bonds. The lowest BCUT2D eigenvalue weighted by Gasteiger charge is -2.46. The summed E-state index contributed by atoms with van der Waals surface area (Å²) in [7, 11) is 1.21. The molecule has 1 saturated heterocycles. The third-order valence-corrected chi connectivity index (χ3v) is 7.03. The number of pyridine rings is 1. The van der Waals surface area contributed by atoms with Gasteiger partial charge in [0.05, 0.1) is 19.3 Å². The molecule has 40 heavy (non-hydrogen) atoms. The van der Waals surface area contributed by atoms with Crippen molar-refractivity contribution in [2.45, 2.75) is 44.4 Å². The highest BCUT2D eigenvalue weighted by atomic mass is 19.3. The minimum absolute atomic E-state index is 0.0413. The molecular formula is C29H31F4N3O4. The molecule has 1 aliphatic rings. The van der Waals surface area contributed by atoms with Crippen LogP contribution in [0.4, 0.5) is 23.4 Å². The van der Waals surface area contributed by atoms with Crippen LogP contribution in [0.1, 0.15) is 35.7 Å². The van der Waals surface area contributed by atoms with Crippen molar-refractivity contribution in [2.75, 3.05) is 31.7 Å². The summed E-state index contributed by atoms with van der Waals surface area (Å²) in [6.07, 6.45) is -3.07. The average Bonchev–Trinajstić information content (AvgIpc) is 2.97. The molecule has 0 saturated carbocycles. The molecule has 0 unspecified atom stereocenters. The van der Waals surface area contributed by atoms with Crippen LogP contribution in [0.25, 0.3) is 11.1 Å². The number of alkyl halides is 2. The van der Waals surface area contributed by atoms with Crippen molar-refractivity contribution < 1.29 is 36.9 Å². The molecule has 0 bridgehead atoms. The number of anilines is 1. The Labute approximate surface area is 229 Å². The molecule has 3 aromatic rings. The highest BCUT2D eigenvalue weighted by molar-refractivity contribution is 5.96. The van der Waals surface area contributed by atoms with Crippen LogP contribution in [-0.2, 0) is 11.3 Å². The minimum Gasteiger partial charge on any atom is -0.494 e. The van der Waals surface area contributed by atoms with Crippen molar-refractivity contribution in [3.63, 3.8) is 0 Å². The van der Waals surface area contributed by atoms with E-state index in [0.717, 1.165) is 17.7 Å². The van der Waals surface area contributed by atoms with Crippen LogP contribution in [0, 0.1) is 11.6 Å². The number of hydrogen-bond acceptors (Lipinski definition) is 7. The van der Waals surface area contributed by atoms with Gasteiger partial charge < -0.3 is 24.8 Å². The van der Waals surface area contributed by atoms with Crippen LogP contribution in [0.2, 0.25) is 0 Å². The molecule has 2 heterocycles. The maximum atomic E-state index is 14.8. The van der Waals surface area contributed by atoms with E-state index < -0.39 is 35.7 Å². The second-order valence-electron chi connectivity index (χ2n) is 9.58. The van der Waals surface area contributed by atoms with E-state index in [9.17, 15) is 27.5 Å². The zero-order valence-corrected chi connectivity index (χ0v) is 22.2. The Balaban J connectivity index is 1.72. The number of methoxy groups -OCH3 is 1. The molecule has 2 aromatic carbocycles. The highest BCUT2D eigenvalue weighted by Crippen LogP contribution is 2.35. The van der Waals surface area contributed by atoms with Crippen LogP contribution >= 0.6 is 0 Å². The molecule has 7 nitrogen and oxygen atoms in total. The van der Waals surface area contributed by atoms with Crippen LogP contribution in [-0.4, -0.2) is 60.9 Å². The first-order valence-corrected chi connectivity index (χ1v) is 12.9. The number of halogens is 4.